The van der Waals surface area contributed by atoms with Crippen molar-refractivity contribution in [3.8, 4) is 6.07 Å². The van der Waals surface area contributed by atoms with Crippen molar-refractivity contribution in [1.82, 2.24) is 0 Å². The van der Waals surface area contributed by atoms with E-state index in [0.717, 1.165) is 42.6 Å². The summed E-state index contributed by atoms with van der Waals surface area (Å²) in [7, 11) is 0. The van der Waals surface area contributed by atoms with Crippen molar-refractivity contribution in [3.05, 3.63) is 118 Å². The number of benzene rings is 3. The van der Waals surface area contributed by atoms with E-state index in [1.165, 1.54) is 53.6 Å². The largest absolute Gasteiger partial charge is 0.372 e. The first kappa shape index (κ1) is 26.1. The Labute approximate surface area is 232 Å². The van der Waals surface area contributed by atoms with E-state index in [1.807, 2.05) is 25.1 Å². The maximum Gasteiger partial charge on any atom is 0.0992 e. The third-order valence-corrected chi connectivity index (χ3v) is 8.12. The van der Waals surface area contributed by atoms with Gasteiger partial charge in [-0.25, -0.2) is 0 Å². The van der Waals surface area contributed by atoms with Crippen LogP contribution in [0, 0.1) is 17.2 Å². The first-order valence-corrected chi connectivity index (χ1v) is 14.1. The molecule has 1 aliphatic heterocycles. The highest BCUT2D eigenvalue weighted by Crippen LogP contribution is 2.47. The van der Waals surface area contributed by atoms with Gasteiger partial charge in [-0.15, -0.1) is 0 Å². The quantitative estimate of drug-likeness (QED) is 0.230. The van der Waals surface area contributed by atoms with Crippen molar-refractivity contribution >= 4 is 34.5 Å². The Bertz CT molecular complexity index is 1390. The van der Waals surface area contributed by atoms with E-state index in [4.69, 9.17) is 11.6 Å². The zero-order valence-corrected chi connectivity index (χ0v) is 23.0. The molecule has 1 heterocycles. The predicted octanol–water partition coefficient (Wildman–Crippen LogP) is 9.55. The Balaban J connectivity index is 1.65. The number of allylic oxidation sites excluding steroid dienone is 3. The van der Waals surface area contributed by atoms with E-state index in [1.54, 1.807) is 6.07 Å². The van der Waals surface area contributed by atoms with Gasteiger partial charge in [-0.2, -0.15) is 5.26 Å². The molecule has 1 saturated heterocycles. The Morgan fingerprint density at radius 3 is 2.13 bits per heavy atom. The highest BCUT2D eigenvalue weighted by atomic mass is 35.5. The summed E-state index contributed by atoms with van der Waals surface area (Å²) in [5.41, 5.74) is 10.0. The van der Waals surface area contributed by atoms with Crippen LogP contribution >= 0.6 is 11.6 Å². The highest BCUT2D eigenvalue weighted by Gasteiger charge is 2.28. The van der Waals surface area contributed by atoms with E-state index in [9.17, 15) is 5.26 Å². The molecule has 5 rings (SSSR count). The Morgan fingerprint density at radius 2 is 1.58 bits per heavy atom. The number of piperidine rings is 1. The SMILES string of the molecule is C=C(C)/C=C/c1ccc(/C(=C(\c2ccc(C#N)cc2Cl)C2CCC2)c2ccc(N3CCCCC3)cc2)cc1. The van der Waals surface area contributed by atoms with Gasteiger partial charge in [0, 0.05) is 23.8 Å². The second-order valence-corrected chi connectivity index (χ2v) is 11.0. The lowest BCUT2D eigenvalue weighted by molar-refractivity contribution is 0.401. The normalized spacial score (nSPS) is 16.6. The van der Waals surface area contributed by atoms with Gasteiger partial charge in [0.15, 0.2) is 0 Å². The molecule has 2 fully saturated rings. The molecule has 2 nitrogen and oxygen atoms in total. The van der Waals surface area contributed by atoms with Crippen molar-refractivity contribution in [3.63, 3.8) is 0 Å². The van der Waals surface area contributed by atoms with Gasteiger partial charge in [0.05, 0.1) is 11.6 Å². The molecule has 3 aromatic carbocycles. The Hall–Kier alpha value is -3.54. The van der Waals surface area contributed by atoms with Gasteiger partial charge in [-0.1, -0.05) is 84.8 Å². The lowest BCUT2D eigenvalue weighted by Gasteiger charge is -2.32. The van der Waals surface area contributed by atoms with Crippen LogP contribution in [0.5, 0.6) is 0 Å². The summed E-state index contributed by atoms with van der Waals surface area (Å²) in [6.07, 6.45) is 11.5. The van der Waals surface area contributed by atoms with Crippen LogP contribution in [0.1, 0.15) is 73.3 Å². The topological polar surface area (TPSA) is 27.0 Å². The summed E-state index contributed by atoms with van der Waals surface area (Å²) in [6.45, 7) is 8.25. The molecule has 2 aliphatic rings. The van der Waals surface area contributed by atoms with Crippen molar-refractivity contribution in [2.24, 2.45) is 5.92 Å². The molecule has 0 spiro atoms. The molecule has 1 aliphatic carbocycles. The van der Waals surface area contributed by atoms with Crippen LogP contribution in [0.15, 0.2) is 85.0 Å². The minimum absolute atomic E-state index is 0.445. The molecular formula is C35H35ClN2. The summed E-state index contributed by atoms with van der Waals surface area (Å²) < 4.78 is 0. The molecular weight excluding hydrogens is 484 g/mol. The zero-order chi connectivity index (χ0) is 26.5. The van der Waals surface area contributed by atoms with Crippen molar-refractivity contribution in [2.45, 2.75) is 45.4 Å². The third kappa shape index (κ3) is 5.79. The Kier molecular flexibility index (Phi) is 8.16. The maximum atomic E-state index is 9.43. The smallest absolute Gasteiger partial charge is 0.0992 e. The van der Waals surface area contributed by atoms with Gasteiger partial charge in [0.2, 0.25) is 0 Å². The second kappa shape index (κ2) is 11.9. The average Bonchev–Trinajstić information content (AvgIpc) is 2.92. The molecule has 192 valence electrons. The fourth-order valence-electron chi connectivity index (χ4n) is 5.53. The first-order chi connectivity index (χ1) is 18.5. The molecule has 3 heteroatoms. The van der Waals surface area contributed by atoms with Crippen LogP contribution in [0.25, 0.3) is 17.2 Å². The molecule has 38 heavy (non-hydrogen) atoms. The van der Waals surface area contributed by atoms with Gasteiger partial charge < -0.3 is 4.90 Å². The standard InChI is InChI=1S/C35H35ClN2/c1-25(2)9-10-26-11-14-29(15-12-26)34(30-16-18-31(19-17-30)38-21-4-3-5-22-38)35(28-7-6-8-28)32-20-13-27(24-37)23-33(32)36/h9-20,23,28H,1,3-8,21-22H2,2H3/b10-9+,35-34+. The molecule has 0 bridgehead atoms. The lowest BCUT2D eigenvalue weighted by atomic mass is 9.73. The molecule has 0 atom stereocenters. The summed E-state index contributed by atoms with van der Waals surface area (Å²) >= 11 is 6.86. The predicted molar refractivity (Wildman–Crippen MR) is 162 cm³/mol. The first-order valence-electron chi connectivity index (χ1n) is 13.8. The molecule has 0 radical (unpaired) electrons. The number of hydrogen-bond donors (Lipinski definition) is 0. The van der Waals surface area contributed by atoms with Gasteiger partial charge in [0.1, 0.15) is 0 Å². The van der Waals surface area contributed by atoms with E-state index >= 15 is 0 Å². The highest BCUT2D eigenvalue weighted by molar-refractivity contribution is 6.33. The van der Waals surface area contributed by atoms with Crippen LogP contribution < -0.4 is 4.90 Å². The van der Waals surface area contributed by atoms with Gasteiger partial charge in [-0.3, -0.25) is 0 Å². The fourth-order valence-corrected chi connectivity index (χ4v) is 5.81. The summed E-state index contributed by atoms with van der Waals surface area (Å²) in [5.74, 6) is 0.445. The van der Waals surface area contributed by atoms with Crippen LogP contribution in [0.3, 0.4) is 0 Å². The number of nitrogens with zero attached hydrogens (tertiary/aromatic N) is 2. The number of nitriles is 1. The van der Waals surface area contributed by atoms with Crippen LogP contribution in [-0.2, 0) is 0 Å². The van der Waals surface area contributed by atoms with Gasteiger partial charge in [-0.05, 0) is 103 Å². The number of rotatable bonds is 7. The zero-order valence-electron chi connectivity index (χ0n) is 22.2. The number of halogens is 1. The fraction of sp³-hybridized carbons (Fsp3) is 0.286. The number of hydrogen-bond acceptors (Lipinski definition) is 2. The van der Waals surface area contributed by atoms with E-state index in [-0.39, 0.29) is 0 Å². The van der Waals surface area contributed by atoms with Crippen molar-refractivity contribution < 1.29 is 0 Å². The maximum absolute atomic E-state index is 9.43. The Morgan fingerprint density at radius 1 is 0.921 bits per heavy atom. The molecule has 0 amide bonds. The van der Waals surface area contributed by atoms with Crippen LogP contribution in [0.4, 0.5) is 5.69 Å². The minimum atomic E-state index is 0.445. The summed E-state index contributed by atoms with van der Waals surface area (Å²) in [6, 6.07) is 25.9. The minimum Gasteiger partial charge on any atom is -0.372 e. The molecule has 1 saturated carbocycles. The summed E-state index contributed by atoms with van der Waals surface area (Å²) in [5, 5.41) is 10.1. The van der Waals surface area contributed by atoms with Gasteiger partial charge in [0.25, 0.3) is 0 Å². The lowest BCUT2D eigenvalue weighted by Crippen LogP contribution is -2.29. The van der Waals surface area contributed by atoms with E-state index in [0.29, 0.717) is 16.5 Å². The van der Waals surface area contributed by atoms with Crippen molar-refractivity contribution in [1.29, 1.82) is 5.26 Å². The van der Waals surface area contributed by atoms with Crippen LogP contribution in [0.2, 0.25) is 5.02 Å². The average molecular weight is 519 g/mol. The van der Waals surface area contributed by atoms with Gasteiger partial charge >= 0.3 is 0 Å². The second-order valence-electron chi connectivity index (χ2n) is 10.6. The summed E-state index contributed by atoms with van der Waals surface area (Å²) in [4.78, 5) is 2.50. The van der Waals surface area contributed by atoms with E-state index in [2.05, 4.69) is 72.2 Å². The molecule has 0 aromatic heterocycles. The third-order valence-electron chi connectivity index (χ3n) is 7.81. The molecule has 0 unspecified atom stereocenters. The van der Waals surface area contributed by atoms with E-state index < -0.39 is 0 Å². The van der Waals surface area contributed by atoms with Crippen molar-refractivity contribution in [2.75, 3.05) is 18.0 Å². The van der Waals surface area contributed by atoms with Crippen LogP contribution in [-0.4, -0.2) is 13.1 Å². The monoisotopic (exact) mass is 518 g/mol. The number of anilines is 1. The molecule has 0 N–H and O–H groups in total. The molecule has 3 aromatic rings.